The molecule has 0 spiro atoms. The van der Waals surface area contributed by atoms with E-state index in [0.29, 0.717) is 19.1 Å². The van der Waals surface area contributed by atoms with E-state index in [9.17, 15) is 4.79 Å². The number of imidazole rings is 1. The van der Waals surface area contributed by atoms with E-state index >= 15 is 0 Å². The van der Waals surface area contributed by atoms with E-state index in [2.05, 4.69) is 40.9 Å². The van der Waals surface area contributed by atoms with Crippen molar-refractivity contribution in [2.24, 2.45) is 0 Å². The van der Waals surface area contributed by atoms with Crippen molar-refractivity contribution in [3.63, 3.8) is 0 Å². The zero-order valence-corrected chi connectivity index (χ0v) is 18.1. The number of esters is 1. The van der Waals surface area contributed by atoms with Crippen LogP contribution in [0.25, 0.3) is 11.2 Å². The molecule has 1 saturated heterocycles. The normalized spacial score (nSPS) is 21.0. The number of piperazine rings is 1. The number of pyridine rings is 1. The van der Waals surface area contributed by atoms with Crippen LogP contribution < -0.4 is 15.1 Å². The number of aryl methyl sites for hydroxylation is 1. The molecule has 3 aromatic rings. The molecule has 1 aliphatic carbocycles. The molecule has 1 unspecified atom stereocenters. The third kappa shape index (κ3) is 3.35. The lowest BCUT2D eigenvalue weighted by molar-refractivity contribution is -0.143. The number of aromatic nitrogens is 5. The van der Waals surface area contributed by atoms with Gasteiger partial charge >= 0.3 is 5.97 Å². The van der Waals surface area contributed by atoms with Gasteiger partial charge in [-0.3, -0.25) is 4.79 Å². The first kappa shape index (κ1) is 19.4. The summed E-state index contributed by atoms with van der Waals surface area (Å²) in [6.45, 7) is 2.82. The van der Waals surface area contributed by atoms with Crippen LogP contribution in [0.2, 0.25) is 0 Å². The van der Waals surface area contributed by atoms with Crippen molar-refractivity contribution in [2.45, 2.75) is 37.8 Å². The van der Waals surface area contributed by atoms with Gasteiger partial charge < -0.3 is 24.4 Å². The fourth-order valence-corrected chi connectivity index (χ4v) is 4.67. The fourth-order valence-electron chi connectivity index (χ4n) is 4.67. The molecule has 2 aliphatic heterocycles. The number of nitrogens with one attached hydrogen (secondary N) is 1. The van der Waals surface area contributed by atoms with Gasteiger partial charge in [0.25, 0.3) is 0 Å². The van der Waals surface area contributed by atoms with E-state index in [0.717, 1.165) is 54.5 Å². The predicted octanol–water partition coefficient (Wildman–Crippen LogP) is 1.59. The Morgan fingerprint density at radius 1 is 1.19 bits per heavy atom. The van der Waals surface area contributed by atoms with E-state index in [-0.39, 0.29) is 12.0 Å². The lowest BCUT2D eigenvalue weighted by Crippen LogP contribution is -2.54. The zero-order chi connectivity index (χ0) is 21.7. The van der Waals surface area contributed by atoms with Gasteiger partial charge in [0.15, 0.2) is 17.3 Å². The summed E-state index contributed by atoms with van der Waals surface area (Å²) in [5, 5.41) is 12.2. The van der Waals surface area contributed by atoms with Crippen LogP contribution in [0.15, 0.2) is 24.5 Å². The molecule has 1 atom stereocenters. The molecule has 3 aliphatic rings. The van der Waals surface area contributed by atoms with E-state index in [1.165, 1.54) is 25.5 Å². The molecule has 5 heterocycles. The van der Waals surface area contributed by atoms with Crippen LogP contribution in [0.5, 0.6) is 0 Å². The first-order valence-electron chi connectivity index (χ1n) is 11.2. The predicted molar refractivity (Wildman–Crippen MR) is 119 cm³/mol. The Bertz CT molecular complexity index is 1160. The molecular formula is C22H26N8O2. The highest BCUT2D eigenvalue weighted by molar-refractivity contribution is 5.78. The Morgan fingerprint density at radius 3 is 2.81 bits per heavy atom. The first-order valence-corrected chi connectivity index (χ1v) is 11.2. The summed E-state index contributed by atoms with van der Waals surface area (Å²) in [6, 6.07) is 6.33. The van der Waals surface area contributed by atoms with Crippen molar-refractivity contribution in [3.05, 3.63) is 30.1 Å². The summed E-state index contributed by atoms with van der Waals surface area (Å²) in [5.41, 5.74) is 3.13. The molecular weight excluding hydrogens is 408 g/mol. The van der Waals surface area contributed by atoms with Gasteiger partial charge in [-0.2, -0.15) is 0 Å². The zero-order valence-electron chi connectivity index (χ0n) is 18.1. The second-order valence-electron chi connectivity index (χ2n) is 8.68. The summed E-state index contributed by atoms with van der Waals surface area (Å²) in [6.07, 6.45) is 6.35. The average molecular weight is 435 g/mol. The van der Waals surface area contributed by atoms with E-state index < -0.39 is 0 Å². The van der Waals surface area contributed by atoms with Crippen molar-refractivity contribution in [3.8, 4) is 0 Å². The van der Waals surface area contributed by atoms with Crippen molar-refractivity contribution >= 4 is 34.6 Å². The molecule has 1 saturated carbocycles. The quantitative estimate of drug-likeness (QED) is 0.614. The number of hydrogen-bond donors (Lipinski definition) is 1. The largest absolute Gasteiger partial charge is 0.468 e. The molecule has 3 aromatic heterocycles. The molecule has 0 bridgehead atoms. The average Bonchev–Trinajstić information content (AvgIpc) is 3.61. The SMILES string of the molecule is COC(=O)C1CN(c2ccc(N3CCCc4cc5ncn(C6CC6)c5nc43)nn2)CCN1. The molecule has 0 amide bonds. The number of nitrogens with zero attached hydrogens (tertiary/aromatic N) is 7. The molecule has 0 aromatic carbocycles. The Labute approximate surface area is 185 Å². The molecule has 1 N–H and O–H groups in total. The maximum Gasteiger partial charge on any atom is 0.324 e. The van der Waals surface area contributed by atoms with Gasteiger partial charge in [-0.1, -0.05) is 0 Å². The lowest BCUT2D eigenvalue weighted by Gasteiger charge is -2.33. The van der Waals surface area contributed by atoms with Crippen LogP contribution in [0.4, 0.5) is 17.5 Å². The smallest absolute Gasteiger partial charge is 0.324 e. The Hall–Kier alpha value is -3.27. The van der Waals surface area contributed by atoms with Gasteiger partial charge in [-0.25, -0.2) is 9.97 Å². The van der Waals surface area contributed by atoms with E-state index in [1.807, 2.05) is 18.5 Å². The van der Waals surface area contributed by atoms with Crippen LogP contribution in [0.3, 0.4) is 0 Å². The van der Waals surface area contributed by atoms with Crippen molar-refractivity contribution < 1.29 is 9.53 Å². The summed E-state index contributed by atoms with van der Waals surface area (Å²) in [4.78, 5) is 25.7. The van der Waals surface area contributed by atoms with E-state index in [4.69, 9.17) is 9.72 Å². The number of hydrogen-bond acceptors (Lipinski definition) is 9. The maximum atomic E-state index is 11.9. The van der Waals surface area contributed by atoms with Crippen LogP contribution in [-0.4, -0.2) is 70.0 Å². The number of fused-ring (bicyclic) bond motifs is 2. The Balaban J connectivity index is 1.28. The third-order valence-electron chi connectivity index (χ3n) is 6.53. The second kappa shape index (κ2) is 7.70. The van der Waals surface area contributed by atoms with Gasteiger partial charge in [0.2, 0.25) is 0 Å². The van der Waals surface area contributed by atoms with Gasteiger partial charge in [0.1, 0.15) is 17.4 Å². The van der Waals surface area contributed by atoms with Crippen molar-refractivity contribution in [2.75, 3.05) is 43.1 Å². The standard InChI is InChI=1S/C22H26N8O2/c1-32-22(31)17-12-28(10-8-23-17)18-6-7-19(27-26-18)29-9-2-3-14-11-16-21(25-20(14)29)30(13-24-16)15-4-5-15/h6-7,11,13,15,17,23H,2-5,8-10,12H2,1H3. The molecule has 6 rings (SSSR count). The summed E-state index contributed by atoms with van der Waals surface area (Å²) >= 11 is 0. The highest BCUT2D eigenvalue weighted by atomic mass is 16.5. The summed E-state index contributed by atoms with van der Waals surface area (Å²) < 4.78 is 7.08. The Kier molecular flexibility index (Phi) is 4.67. The number of methoxy groups -OCH3 is 1. The monoisotopic (exact) mass is 434 g/mol. The Morgan fingerprint density at radius 2 is 2.03 bits per heavy atom. The van der Waals surface area contributed by atoms with Crippen LogP contribution in [0.1, 0.15) is 30.9 Å². The van der Waals surface area contributed by atoms with Gasteiger partial charge in [-0.05, 0) is 49.4 Å². The highest BCUT2D eigenvalue weighted by Crippen LogP contribution is 2.39. The molecule has 10 heteroatoms. The molecule has 32 heavy (non-hydrogen) atoms. The van der Waals surface area contributed by atoms with Crippen molar-refractivity contribution in [1.29, 1.82) is 0 Å². The van der Waals surface area contributed by atoms with Crippen LogP contribution in [-0.2, 0) is 16.0 Å². The fraction of sp³-hybridized carbons (Fsp3) is 0.500. The van der Waals surface area contributed by atoms with E-state index in [1.54, 1.807) is 0 Å². The van der Waals surface area contributed by atoms with Crippen LogP contribution in [0, 0.1) is 0 Å². The minimum Gasteiger partial charge on any atom is -0.468 e. The van der Waals surface area contributed by atoms with Crippen molar-refractivity contribution in [1.82, 2.24) is 30.0 Å². The minimum atomic E-state index is -0.355. The molecule has 166 valence electrons. The number of carbonyl (C=O) groups is 1. The minimum absolute atomic E-state index is 0.257. The summed E-state index contributed by atoms with van der Waals surface area (Å²) in [7, 11) is 1.41. The maximum absolute atomic E-state index is 11.9. The first-order chi connectivity index (χ1) is 15.7. The number of anilines is 3. The highest BCUT2D eigenvalue weighted by Gasteiger charge is 2.29. The van der Waals surface area contributed by atoms with Gasteiger partial charge in [-0.15, -0.1) is 10.2 Å². The second-order valence-corrected chi connectivity index (χ2v) is 8.68. The molecule has 2 fully saturated rings. The number of ether oxygens (including phenoxy) is 1. The topological polar surface area (TPSA) is 101 Å². The molecule has 10 nitrogen and oxygen atoms in total. The number of carbonyl (C=O) groups excluding carboxylic acids is 1. The van der Waals surface area contributed by atoms with Crippen LogP contribution >= 0.6 is 0 Å². The molecule has 0 radical (unpaired) electrons. The van der Waals surface area contributed by atoms with Gasteiger partial charge in [0, 0.05) is 32.2 Å². The third-order valence-corrected chi connectivity index (χ3v) is 6.53. The summed E-state index contributed by atoms with van der Waals surface area (Å²) in [5.74, 6) is 2.25. The number of rotatable bonds is 4. The lowest BCUT2D eigenvalue weighted by atomic mass is 10.1. The van der Waals surface area contributed by atoms with Gasteiger partial charge in [0.05, 0.1) is 13.4 Å².